The van der Waals surface area contributed by atoms with Crippen LogP contribution in [-0.2, 0) is 0 Å². The van der Waals surface area contributed by atoms with Crippen LogP contribution in [0.1, 0.15) is 21.7 Å². The second-order valence-corrected chi connectivity index (χ2v) is 3.96. The molecule has 1 aromatic carbocycles. The molecule has 0 fully saturated rings. The van der Waals surface area contributed by atoms with Crippen molar-refractivity contribution in [3.63, 3.8) is 0 Å². The van der Waals surface area contributed by atoms with Gasteiger partial charge in [-0.05, 0) is 26.0 Å². The Balaban J connectivity index is 2.20. The zero-order valence-corrected chi connectivity index (χ0v) is 10.3. The van der Waals surface area contributed by atoms with Crippen LogP contribution < -0.4 is 5.32 Å². The minimum atomic E-state index is -0.490. The fraction of sp³-hybridized carbons (Fsp3) is 0.182. The summed E-state index contributed by atoms with van der Waals surface area (Å²) in [5.41, 5.74) is 0.708. The fourth-order valence-electron chi connectivity index (χ4n) is 1.57. The van der Waals surface area contributed by atoms with Crippen LogP contribution in [0.5, 0.6) is 0 Å². The number of anilines is 1. The molecule has 0 atom stereocenters. The summed E-state index contributed by atoms with van der Waals surface area (Å²) in [6.45, 7) is 3.28. The molecule has 0 saturated heterocycles. The zero-order valence-electron chi connectivity index (χ0n) is 10.3. The lowest BCUT2D eigenvalue weighted by atomic mass is 10.1. The molecule has 0 aliphatic rings. The molecule has 2 rings (SSSR count). The summed E-state index contributed by atoms with van der Waals surface area (Å²) in [6.07, 6.45) is 0. The number of hydrogen-bond donors (Lipinski definition) is 2. The SMILES string of the molecule is Cc1nc(NC(=O)c2ccc([N+](=O)[O-])c(C)c2)n[nH]1. The molecule has 1 heterocycles. The molecule has 0 unspecified atom stereocenters. The number of benzene rings is 1. The Morgan fingerprint density at radius 3 is 2.68 bits per heavy atom. The van der Waals surface area contributed by atoms with Crippen LogP contribution >= 0.6 is 0 Å². The van der Waals surface area contributed by atoms with E-state index < -0.39 is 10.8 Å². The topological polar surface area (TPSA) is 114 Å². The van der Waals surface area contributed by atoms with Crippen molar-refractivity contribution in [3.05, 3.63) is 45.3 Å². The number of aromatic nitrogens is 3. The minimum absolute atomic E-state index is 0.0229. The molecule has 0 radical (unpaired) electrons. The monoisotopic (exact) mass is 261 g/mol. The molecule has 0 saturated carbocycles. The van der Waals surface area contributed by atoms with Gasteiger partial charge >= 0.3 is 0 Å². The highest BCUT2D eigenvalue weighted by atomic mass is 16.6. The largest absolute Gasteiger partial charge is 0.289 e. The number of H-pyrrole nitrogens is 1. The number of rotatable bonds is 3. The van der Waals surface area contributed by atoms with Gasteiger partial charge in [0.15, 0.2) is 0 Å². The Morgan fingerprint density at radius 2 is 2.16 bits per heavy atom. The predicted octanol–water partition coefficient (Wildman–Crippen LogP) is 1.58. The third-order valence-corrected chi connectivity index (χ3v) is 2.48. The van der Waals surface area contributed by atoms with Crippen molar-refractivity contribution in [2.75, 3.05) is 5.32 Å². The standard InChI is InChI=1S/C11H11N5O3/c1-6-5-8(3-4-9(6)16(18)19)10(17)13-11-12-7(2)14-15-11/h3-5H,1-2H3,(H2,12,13,14,15,17). The molecule has 1 aromatic heterocycles. The van der Waals surface area contributed by atoms with Gasteiger partial charge in [0.2, 0.25) is 5.95 Å². The maximum atomic E-state index is 11.9. The average Bonchev–Trinajstić information content (AvgIpc) is 2.74. The third-order valence-electron chi connectivity index (χ3n) is 2.48. The van der Waals surface area contributed by atoms with Gasteiger partial charge in [0, 0.05) is 17.2 Å². The molecule has 0 spiro atoms. The van der Waals surface area contributed by atoms with E-state index in [4.69, 9.17) is 0 Å². The van der Waals surface area contributed by atoms with Crippen LogP contribution in [0, 0.1) is 24.0 Å². The van der Waals surface area contributed by atoms with Gasteiger partial charge in [-0.3, -0.25) is 25.3 Å². The summed E-state index contributed by atoms with van der Waals surface area (Å²) < 4.78 is 0. The molecule has 0 aliphatic heterocycles. The van der Waals surface area contributed by atoms with Crippen molar-refractivity contribution >= 4 is 17.5 Å². The lowest BCUT2D eigenvalue weighted by Gasteiger charge is -2.02. The normalized spacial score (nSPS) is 10.2. The number of aryl methyl sites for hydroxylation is 2. The molecule has 2 aromatic rings. The van der Waals surface area contributed by atoms with Crippen LogP contribution in [0.2, 0.25) is 0 Å². The van der Waals surface area contributed by atoms with Crippen molar-refractivity contribution in [3.8, 4) is 0 Å². The van der Waals surface area contributed by atoms with Gasteiger partial charge in [-0.15, -0.1) is 5.10 Å². The third kappa shape index (κ3) is 2.73. The second-order valence-electron chi connectivity index (χ2n) is 3.96. The van der Waals surface area contributed by atoms with Crippen LogP contribution in [0.15, 0.2) is 18.2 Å². The van der Waals surface area contributed by atoms with E-state index in [1.54, 1.807) is 13.8 Å². The molecular formula is C11H11N5O3. The Kier molecular flexibility index (Phi) is 3.23. The van der Waals surface area contributed by atoms with Crippen LogP contribution in [-0.4, -0.2) is 26.0 Å². The van der Waals surface area contributed by atoms with Crippen molar-refractivity contribution in [2.45, 2.75) is 13.8 Å². The van der Waals surface area contributed by atoms with E-state index in [0.29, 0.717) is 17.0 Å². The maximum absolute atomic E-state index is 11.9. The first-order valence-corrected chi connectivity index (χ1v) is 5.43. The predicted molar refractivity (Wildman–Crippen MR) is 66.9 cm³/mol. The van der Waals surface area contributed by atoms with Gasteiger partial charge in [-0.25, -0.2) is 0 Å². The highest BCUT2D eigenvalue weighted by Gasteiger charge is 2.14. The molecular weight excluding hydrogens is 250 g/mol. The summed E-state index contributed by atoms with van der Waals surface area (Å²) >= 11 is 0. The Morgan fingerprint density at radius 1 is 1.42 bits per heavy atom. The Bertz CT molecular complexity index is 650. The van der Waals surface area contributed by atoms with E-state index in [2.05, 4.69) is 20.5 Å². The molecule has 2 N–H and O–H groups in total. The number of amides is 1. The van der Waals surface area contributed by atoms with Gasteiger partial charge in [-0.1, -0.05) is 0 Å². The van der Waals surface area contributed by atoms with Crippen molar-refractivity contribution in [1.82, 2.24) is 15.2 Å². The number of carbonyl (C=O) groups excluding carboxylic acids is 1. The van der Waals surface area contributed by atoms with Crippen molar-refractivity contribution in [1.29, 1.82) is 0 Å². The maximum Gasteiger partial charge on any atom is 0.272 e. The van der Waals surface area contributed by atoms with Gasteiger partial charge in [-0.2, -0.15) is 4.98 Å². The van der Waals surface area contributed by atoms with Gasteiger partial charge in [0.1, 0.15) is 5.82 Å². The van der Waals surface area contributed by atoms with Crippen LogP contribution in [0.3, 0.4) is 0 Å². The van der Waals surface area contributed by atoms with E-state index in [9.17, 15) is 14.9 Å². The van der Waals surface area contributed by atoms with Crippen LogP contribution in [0.4, 0.5) is 11.6 Å². The summed E-state index contributed by atoms with van der Waals surface area (Å²) in [4.78, 5) is 26.0. The number of nitrogens with one attached hydrogen (secondary N) is 2. The van der Waals surface area contributed by atoms with E-state index in [-0.39, 0.29) is 11.6 Å². The molecule has 0 aliphatic carbocycles. The van der Waals surface area contributed by atoms with Crippen molar-refractivity contribution in [2.24, 2.45) is 0 Å². The first kappa shape index (κ1) is 12.7. The molecule has 0 bridgehead atoms. The number of hydrogen-bond acceptors (Lipinski definition) is 5. The molecule has 19 heavy (non-hydrogen) atoms. The summed E-state index contributed by atoms with van der Waals surface area (Å²) in [5.74, 6) is 0.325. The Labute approximate surface area is 108 Å². The van der Waals surface area contributed by atoms with E-state index in [1.165, 1.54) is 18.2 Å². The molecule has 8 nitrogen and oxygen atoms in total. The summed E-state index contributed by atoms with van der Waals surface area (Å²) in [7, 11) is 0. The summed E-state index contributed by atoms with van der Waals surface area (Å²) in [5, 5.41) is 19.5. The van der Waals surface area contributed by atoms with Gasteiger partial charge in [0.05, 0.1) is 4.92 Å². The van der Waals surface area contributed by atoms with Gasteiger partial charge < -0.3 is 0 Å². The van der Waals surface area contributed by atoms with Crippen molar-refractivity contribution < 1.29 is 9.72 Å². The first-order valence-electron chi connectivity index (χ1n) is 5.43. The smallest absolute Gasteiger partial charge is 0.272 e. The molecule has 8 heteroatoms. The lowest BCUT2D eigenvalue weighted by molar-refractivity contribution is -0.385. The quantitative estimate of drug-likeness (QED) is 0.643. The highest BCUT2D eigenvalue weighted by Crippen LogP contribution is 2.19. The highest BCUT2D eigenvalue weighted by molar-refractivity contribution is 6.03. The van der Waals surface area contributed by atoms with Gasteiger partial charge in [0.25, 0.3) is 11.6 Å². The Hall–Kier alpha value is -2.77. The number of nitro benzene ring substituents is 1. The van der Waals surface area contributed by atoms with E-state index in [1.807, 2.05) is 0 Å². The molecule has 1 amide bonds. The summed E-state index contributed by atoms with van der Waals surface area (Å²) in [6, 6.07) is 4.14. The number of aromatic amines is 1. The number of nitrogens with zero attached hydrogens (tertiary/aromatic N) is 3. The first-order chi connectivity index (χ1) is 8.97. The zero-order chi connectivity index (χ0) is 14.0. The van der Waals surface area contributed by atoms with E-state index >= 15 is 0 Å². The minimum Gasteiger partial charge on any atom is -0.289 e. The second kappa shape index (κ2) is 4.84. The fourth-order valence-corrected chi connectivity index (χ4v) is 1.57. The lowest BCUT2D eigenvalue weighted by Crippen LogP contribution is -2.13. The average molecular weight is 261 g/mol. The molecule has 98 valence electrons. The van der Waals surface area contributed by atoms with E-state index in [0.717, 1.165) is 0 Å². The number of carbonyl (C=O) groups is 1. The van der Waals surface area contributed by atoms with Crippen LogP contribution in [0.25, 0.3) is 0 Å². The number of nitro groups is 1.